The van der Waals surface area contributed by atoms with Crippen LogP contribution < -0.4 is 15.6 Å². The zero-order valence-electron chi connectivity index (χ0n) is 11.3. The molecule has 0 fully saturated rings. The second-order valence-corrected chi connectivity index (χ2v) is 4.36. The SMILES string of the molecule is COc1cc(CNc2ccc3nc[nH]c(=O)c3n2)ccn1. The summed E-state index contributed by atoms with van der Waals surface area (Å²) < 4.78 is 5.07. The average molecular weight is 283 g/mol. The average Bonchev–Trinajstić information content (AvgIpc) is 2.54. The van der Waals surface area contributed by atoms with E-state index in [-0.39, 0.29) is 5.56 Å². The Morgan fingerprint density at radius 2 is 2.19 bits per heavy atom. The van der Waals surface area contributed by atoms with Crippen LogP contribution in [0.3, 0.4) is 0 Å². The number of H-pyrrole nitrogens is 1. The Balaban J connectivity index is 1.81. The van der Waals surface area contributed by atoms with Gasteiger partial charge in [0.25, 0.3) is 5.56 Å². The van der Waals surface area contributed by atoms with Crippen LogP contribution in [0.25, 0.3) is 11.0 Å². The van der Waals surface area contributed by atoms with Gasteiger partial charge in [0.1, 0.15) is 5.82 Å². The second kappa shape index (κ2) is 5.58. The summed E-state index contributed by atoms with van der Waals surface area (Å²) in [5.41, 5.74) is 1.63. The summed E-state index contributed by atoms with van der Waals surface area (Å²) in [6.45, 7) is 0.551. The highest BCUT2D eigenvalue weighted by Crippen LogP contribution is 2.12. The Labute approximate surface area is 120 Å². The van der Waals surface area contributed by atoms with Crippen molar-refractivity contribution in [1.82, 2.24) is 19.9 Å². The van der Waals surface area contributed by atoms with Gasteiger partial charge in [-0.25, -0.2) is 15.0 Å². The molecule has 7 nitrogen and oxygen atoms in total. The molecule has 0 unspecified atom stereocenters. The number of aromatic amines is 1. The standard InChI is InChI=1S/C14H13N5O2/c1-21-12-6-9(4-5-15-12)7-16-11-3-2-10-13(19-11)14(20)18-8-17-10/h2-6,8H,7H2,1H3,(H,16,19)(H,17,18,20). The lowest BCUT2D eigenvalue weighted by Gasteiger charge is -2.07. The molecular formula is C14H13N5O2. The molecule has 0 aliphatic rings. The molecule has 0 amide bonds. The van der Waals surface area contributed by atoms with Gasteiger partial charge < -0.3 is 15.0 Å². The monoisotopic (exact) mass is 283 g/mol. The van der Waals surface area contributed by atoms with Crippen LogP contribution >= 0.6 is 0 Å². The van der Waals surface area contributed by atoms with Crippen LogP contribution in [0.15, 0.2) is 41.6 Å². The molecule has 0 aliphatic heterocycles. The Kier molecular flexibility index (Phi) is 3.46. The second-order valence-electron chi connectivity index (χ2n) is 4.36. The first-order chi connectivity index (χ1) is 10.3. The van der Waals surface area contributed by atoms with Crippen molar-refractivity contribution in [2.45, 2.75) is 6.54 Å². The van der Waals surface area contributed by atoms with Crippen molar-refractivity contribution in [3.05, 3.63) is 52.7 Å². The molecule has 0 radical (unpaired) electrons. The van der Waals surface area contributed by atoms with Crippen LogP contribution in [0, 0.1) is 0 Å². The summed E-state index contributed by atoms with van der Waals surface area (Å²) >= 11 is 0. The molecule has 3 heterocycles. The van der Waals surface area contributed by atoms with Crippen molar-refractivity contribution in [2.24, 2.45) is 0 Å². The number of fused-ring (bicyclic) bond motifs is 1. The maximum atomic E-state index is 11.7. The molecule has 21 heavy (non-hydrogen) atoms. The fourth-order valence-corrected chi connectivity index (χ4v) is 1.91. The third-order valence-electron chi connectivity index (χ3n) is 2.97. The summed E-state index contributed by atoms with van der Waals surface area (Å²) in [5.74, 6) is 1.16. The van der Waals surface area contributed by atoms with Gasteiger partial charge in [-0.2, -0.15) is 0 Å². The topological polar surface area (TPSA) is 92.8 Å². The molecular weight excluding hydrogens is 270 g/mol. The summed E-state index contributed by atoms with van der Waals surface area (Å²) in [6.07, 6.45) is 3.04. The van der Waals surface area contributed by atoms with Crippen molar-refractivity contribution in [1.29, 1.82) is 0 Å². The molecule has 7 heteroatoms. The van der Waals surface area contributed by atoms with Gasteiger partial charge in [-0.15, -0.1) is 0 Å². The summed E-state index contributed by atoms with van der Waals surface area (Å²) in [5, 5.41) is 3.16. The number of nitrogens with one attached hydrogen (secondary N) is 2. The number of hydrogen-bond acceptors (Lipinski definition) is 6. The number of hydrogen-bond donors (Lipinski definition) is 2. The van der Waals surface area contributed by atoms with Gasteiger partial charge in [-0.05, 0) is 23.8 Å². The molecule has 3 rings (SSSR count). The van der Waals surface area contributed by atoms with Crippen LogP contribution in [-0.4, -0.2) is 27.0 Å². The number of nitrogens with zero attached hydrogens (tertiary/aromatic N) is 3. The zero-order chi connectivity index (χ0) is 14.7. The summed E-state index contributed by atoms with van der Waals surface area (Å²) in [4.78, 5) is 26.6. The number of rotatable bonds is 4. The van der Waals surface area contributed by atoms with Gasteiger partial charge >= 0.3 is 0 Å². The van der Waals surface area contributed by atoms with E-state index in [0.717, 1.165) is 5.56 Å². The normalized spacial score (nSPS) is 10.5. The van der Waals surface area contributed by atoms with Crippen LogP contribution in [0.5, 0.6) is 5.88 Å². The van der Waals surface area contributed by atoms with E-state index >= 15 is 0 Å². The van der Waals surface area contributed by atoms with Crippen molar-refractivity contribution in [2.75, 3.05) is 12.4 Å². The third-order valence-corrected chi connectivity index (χ3v) is 2.97. The first-order valence-corrected chi connectivity index (χ1v) is 6.33. The smallest absolute Gasteiger partial charge is 0.277 e. The zero-order valence-corrected chi connectivity index (χ0v) is 11.3. The number of pyridine rings is 2. The molecule has 0 aromatic carbocycles. The Morgan fingerprint density at radius 3 is 3.05 bits per heavy atom. The Bertz CT molecular complexity index is 831. The van der Waals surface area contributed by atoms with Gasteiger partial charge in [0.2, 0.25) is 5.88 Å². The molecule has 106 valence electrons. The number of ether oxygens (including phenoxy) is 1. The fourth-order valence-electron chi connectivity index (χ4n) is 1.91. The largest absolute Gasteiger partial charge is 0.481 e. The van der Waals surface area contributed by atoms with Gasteiger partial charge in [-0.3, -0.25) is 4.79 Å². The van der Waals surface area contributed by atoms with Crippen molar-refractivity contribution in [3.63, 3.8) is 0 Å². The van der Waals surface area contributed by atoms with Crippen molar-refractivity contribution >= 4 is 16.9 Å². The Hall–Kier alpha value is -2.96. The molecule has 0 saturated heterocycles. The summed E-state index contributed by atoms with van der Waals surface area (Å²) in [6, 6.07) is 7.26. The lowest BCUT2D eigenvalue weighted by atomic mass is 10.2. The molecule has 3 aromatic rings. The molecule has 0 bridgehead atoms. The minimum absolute atomic E-state index is 0.255. The molecule has 2 N–H and O–H groups in total. The number of methoxy groups -OCH3 is 1. The summed E-state index contributed by atoms with van der Waals surface area (Å²) in [7, 11) is 1.57. The van der Waals surface area contributed by atoms with Gasteiger partial charge in [-0.1, -0.05) is 0 Å². The molecule has 3 aromatic heterocycles. The van der Waals surface area contributed by atoms with Crippen molar-refractivity contribution < 1.29 is 4.74 Å². The van der Waals surface area contributed by atoms with Crippen LogP contribution in [0.4, 0.5) is 5.82 Å². The predicted octanol–water partition coefficient (Wildman–Crippen LogP) is 1.33. The van der Waals surface area contributed by atoms with E-state index in [1.807, 2.05) is 12.1 Å². The minimum atomic E-state index is -0.255. The van der Waals surface area contributed by atoms with E-state index < -0.39 is 0 Å². The predicted molar refractivity (Wildman–Crippen MR) is 78.3 cm³/mol. The highest BCUT2D eigenvalue weighted by Gasteiger charge is 2.03. The first kappa shape index (κ1) is 13.0. The maximum Gasteiger partial charge on any atom is 0.277 e. The van der Waals surface area contributed by atoms with Gasteiger partial charge in [0, 0.05) is 18.8 Å². The highest BCUT2D eigenvalue weighted by molar-refractivity contribution is 5.74. The van der Waals surface area contributed by atoms with E-state index in [0.29, 0.717) is 29.3 Å². The molecule has 0 saturated carbocycles. The minimum Gasteiger partial charge on any atom is -0.481 e. The number of anilines is 1. The third kappa shape index (κ3) is 2.81. The highest BCUT2D eigenvalue weighted by atomic mass is 16.5. The molecule has 0 aliphatic carbocycles. The maximum absolute atomic E-state index is 11.7. The van der Waals surface area contributed by atoms with Crippen LogP contribution in [-0.2, 0) is 6.54 Å². The van der Waals surface area contributed by atoms with E-state index in [4.69, 9.17) is 4.74 Å². The van der Waals surface area contributed by atoms with Gasteiger partial charge in [0.05, 0.1) is 19.0 Å². The van der Waals surface area contributed by atoms with Crippen molar-refractivity contribution in [3.8, 4) is 5.88 Å². The van der Waals surface area contributed by atoms with E-state index in [1.54, 1.807) is 25.4 Å². The van der Waals surface area contributed by atoms with Gasteiger partial charge in [0.15, 0.2) is 5.52 Å². The van der Waals surface area contributed by atoms with E-state index in [2.05, 4.69) is 25.3 Å². The lowest BCUT2D eigenvalue weighted by Crippen LogP contribution is -2.10. The quantitative estimate of drug-likeness (QED) is 0.750. The van der Waals surface area contributed by atoms with Crippen LogP contribution in [0.2, 0.25) is 0 Å². The fraction of sp³-hybridized carbons (Fsp3) is 0.143. The van der Waals surface area contributed by atoms with E-state index in [1.165, 1.54) is 6.33 Å². The number of aromatic nitrogens is 4. The lowest BCUT2D eigenvalue weighted by molar-refractivity contribution is 0.397. The Morgan fingerprint density at radius 1 is 1.29 bits per heavy atom. The van der Waals surface area contributed by atoms with Crippen LogP contribution in [0.1, 0.15) is 5.56 Å². The molecule has 0 atom stereocenters. The first-order valence-electron chi connectivity index (χ1n) is 6.33. The van der Waals surface area contributed by atoms with E-state index in [9.17, 15) is 4.79 Å². The molecule has 0 spiro atoms.